The summed E-state index contributed by atoms with van der Waals surface area (Å²) in [6.07, 6.45) is 28.9. The van der Waals surface area contributed by atoms with Gasteiger partial charge < -0.3 is 4.57 Å². The smallest absolute Gasteiger partial charge is 0.109 e. The monoisotopic (exact) mass is 511 g/mol. The SMILES string of the molecule is CC/C1=C\CCn2cc(C3=CCC=C=C4\C=C/C(c5cn[nH]c5-c5cccc(C)n5)=C/C=C/C4=C3)nc2CC1. The van der Waals surface area contributed by atoms with Crippen LogP contribution in [-0.4, -0.2) is 24.7 Å². The Kier molecular flexibility index (Phi) is 7.07. The number of imidazole rings is 1. The summed E-state index contributed by atoms with van der Waals surface area (Å²) in [4.78, 5) is 9.79. The van der Waals surface area contributed by atoms with Crippen molar-refractivity contribution in [1.29, 1.82) is 0 Å². The first-order chi connectivity index (χ1) is 19.2. The zero-order valence-electron chi connectivity index (χ0n) is 22.6. The summed E-state index contributed by atoms with van der Waals surface area (Å²) in [6.45, 7) is 5.24. The van der Waals surface area contributed by atoms with Crippen LogP contribution in [0.25, 0.3) is 22.5 Å². The number of rotatable bonds is 4. The van der Waals surface area contributed by atoms with Gasteiger partial charge >= 0.3 is 0 Å². The summed E-state index contributed by atoms with van der Waals surface area (Å²) in [5.41, 5.74) is 14.3. The second-order valence-corrected chi connectivity index (χ2v) is 10.1. The number of pyridine rings is 1. The van der Waals surface area contributed by atoms with Gasteiger partial charge in [0, 0.05) is 36.0 Å². The van der Waals surface area contributed by atoms with Crippen LogP contribution >= 0.6 is 0 Å². The van der Waals surface area contributed by atoms with E-state index in [1.165, 1.54) is 5.82 Å². The lowest BCUT2D eigenvalue weighted by molar-refractivity contribution is 0.632. The molecule has 3 aromatic heterocycles. The van der Waals surface area contributed by atoms with E-state index in [0.29, 0.717) is 0 Å². The van der Waals surface area contributed by atoms with Gasteiger partial charge in [0.25, 0.3) is 0 Å². The molecule has 0 spiro atoms. The number of aryl methyl sites for hydroxylation is 3. The fourth-order valence-corrected chi connectivity index (χ4v) is 5.34. The average Bonchev–Trinajstić information content (AvgIpc) is 3.55. The van der Waals surface area contributed by atoms with Crippen LogP contribution in [0.2, 0.25) is 0 Å². The van der Waals surface area contributed by atoms with Gasteiger partial charge in [0.1, 0.15) is 5.82 Å². The zero-order chi connectivity index (χ0) is 26.6. The molecule has 0 aromatic carbocycles. The van der Waals surface area contributed by atoms with Crippen LogP contribution in [0, 0.1) is 6.92 Å². The molecule has 3 aromatic rings. The van der Waals surface area contributed by atoms with Crippen LogP contribution in [-0.2, 0) is 13.0 Å². The number of hydrogen-bond donors (Lipinski definition) is 1. The van der Waals surface area contributed by atoms with Gasteiger partial charge in [-0.2, -0.15) is 5.10 Å². The molecule has 39 heavy (non-hydrogen) atoms. The first-order valence-corrected chi connectivity index (χ1v) is 13.8. The van der Waals surface area contributed by atoms with E-state index in [1.807, 2.05) is 31.3 Å². The van der Waals surface area contributed by atoms with Gasteiger partial charge in [-0.05, 0) is 79.7 Å². The minimum absolute atomic E-state index is 0.817. The number of allylic oxidation sites excluding steroid dienone is 13. The normalized spacial score (nSPS) is 21.4. The first-order valence-electron chi connectivity index (χ1n) is 13.8. The molecule has 6 rings (SSSR count). The molecule has 5 heteroatoms. The van der Waals surface area contributed by atoms with Crippen molar-refractivity contribution < 1.29 is 0 Å². The molecular weight excluding hydrogens is 478 g/mol. The van der Waals surface area contributed by atoms with Crippen molar-refractivity contribution in [2.24, 2.45) is 0 Å². The van der Waals surface area contributed by atoms with E-state index in [2.05, 4.69) is 88.3 Å². The molecule has 0 atom stereocenters. The highest BCUT2D eigenvalue weighted by Crippen LogP contribution is 2.31. The second-order valence-electron chi connectivity index (χ2n) is 10.1. The van der Waals surface area contributed by atoms with Crippen LogP contribution < -0.4 is 0 Å². The highest BCUT2D eigenvalue weighted by molar-refractivity contribution is 5.85. The number of nitrogens with one attached hydrogen (secondary N) is 1. The maximum absolute atomic E-state index is 5.10. The van der Waals surface area contributed by atoms with Crippen molar-refractivity contribution in [1.82, 2.24) is 24.7 Å². The molecule has 2 aliphatic carbocycles. The predicted octanol–water partition coefficient (Wildman–Crippen LogP) is 7.65. The summed E-state index contributed by atoms with van der Waals surface area (Å²) in [5, 5.41) is 7.48. The van der Waals surface area contributed by atoms with Gasteiger partial charge in [-0.1, -0.05) is 55.0 Å². The van der Waals surface area contributed by atoms with Crippen molar-refractivity contribution in [2.75, 3.05) is 0 Å². The third-order valence-electron chi connectivity index (χ3n) is 7.49. The van der Waals surface area contributed by atoms with Crippen molar-refractivity contribution in [2.45, 2.75) is 52.5 Å². The minimum Gasteiger partial charge on any atom is -0.334 e. The van der Waals surface area contributed by atoms with Crippen LogP contribution in [0.1, 0.15) is 55.4 Å². The van der Waals surface area contributed by atoms with Gasteiger partial charge in [-0.15, -0.1) is 5.73 Å². The first kappa shape index (κ1) is 24.8. The number of fused-ring (bicyclic) bond motifs is 2. The molecule has 4 heterocycles. The molecule has 0 amide bonds. The molecule has 1 N–H and O–H groups in total. The third-order valence-corrected chi connectivity index (χ3v) is 7.49. The van der Waals surface area contributed by atoms with Crippen molar-refractivity contribution in [3.63, 3.8) is 0 Å². The molecule has 0 radical (unpaired) electrons. The van der Waals surface area contributed by atoms with Gasteiger partial charge in [0.2, 0.25) is 0 Å². The Morgan fingerprint density at radius 2 is 1.95 bits per heavy atom. The quantitative estimate of drug-likeness (QED) is 0.289. The van der Waals surface area contributed by atoms with Gasteiger partial charge in [0.15, 0.2) is 0 Å². The predicted molar refractivity (Wildman–Crippen MR) is 159 cm³/mol. The van der Waals surface area contributed by atoms with Gasteiger partial charge in [-0.25, -0.2) is 4.98 Å². The Hall–Kier alpha value is -4.47. The van der Waals surface area contributed by atoms with E-state index < -0.39 is 0 Å². The molecule has 0 unspecified atom stereocenters. The summed E-state index contributed by atoms with van der Waals surface area (Å²) >= 11 is 0. The van der Waals surface area contributed by atoms with Gasteiger partial charge in [0.05, 0.1) is 23.3 Å². The maximum Gasteiger partial charge on any atom is 0.109 e. The molecule has 5 nitrogen and oxygen atoms in total. The number of aromatic amines is 1. The summed E-state index contributed by atoms with van der Waals surface area (Å²) in [5.74, 6) is 1.19. The lowest BCUT2D eigenvalue weighted by atomic mass is 9.95. The fourth-order valence-electron chi connectivity index (χ4n) is 5.34. The minimum atomic E-state index is 0.817. The summed E-state index contributed by atoms with van der Waals surface area (Å²) < 4.78 is 2.34. The molecule has 1 aliphatic heterocycles. The summed E-state index contributed by atoms with van der Waals surface area (Å²) in [6, 6.07) is 6.04. The van der Waals surface area contributed by atoms with Crippen molar-refractivity contribution in [3.05, 3.63) is 131 Å². The molecule has 0 bridgehead atoms. The lowest BCUT2D eigenvalue weighted by Crippen LogP contribution is -2.06. The second kappa shape index (κ2) is 11.1. The Morgan fingerprint density at radius 1 is 1.00 bits per heavy atom. The molecule has 3 aliphatic rings. The van der Waals surface area contributed by atoms with E-state index in [9.17, 15) is 0 Å². The molecular formula is C34H33N5. The largest absolute Gasteiger partial charge is 0.334 e. The maximum atomic E-state index is 5.10. The fraction of sp³-hybridized carbons (Fsp3) is 0.235. The number of hydrogen-bond acceptors (Lipinski definition) is 3. The highest BCUT2D eigenvalue weighted by Gasteiger charge is 2.16. The zero-order valence-corrected chi connectivity index (χ0v) is 22.6. The van der Waals surface area contributed by atoms with Crippen LogP contribution in [0.5, 0.6) is 0 Å². The number of aromatic nitrogens is 5. The topological polar surface area (TPSA) is 59.4 Å². The van der Waals surface area contributed by atoms with Crippen LogP contribution in [0.4, 0.5) is 0 Å². The Labute approximate surface area is 230 Å². The Bertz CT molecular complexity index is 1650. The molecule has 0 saturated heterocycles. The van der Waals surface area contributed by atoms with Crippen molar-refractivity contribution >= 4 is 11.1 Å². The standard InChI is InChI=1S/C34H33N5/c1-3-25-10-8-20-39-23-32(37-33(39)19-16-25)29-12-5-4-11-26-17-18-27(13-7-14-28(26)21-29)30-22-35-38-34(30)31-15-6-9-24(2)36-31/h4,6-7,9-10,12-15,17-18,21-23H,3,5,8,16,19-20H2,1-2H3,(H,35,38)/b14-7+,18-17-,25-10+,27-13-,28-21?,29-12?. The van der Waals surface area contributed by atoms with Crippen molar-refractivity contribution in [3.8, 4) is 11.4 Å². The van der Waals surface area contributed by atoms with E-state index in [-0.39, 0.29) is 0 Å². The van der Waals surface area contributed by atoms with E-state index in [1.54, 1.807) is 5.57 Å². The lowest BCUT2D eigenvalue weighted by Gasteiger charge is -2.11. The van der Waals surface area contributed by atoms with Crippen LogP contribution in [0.15, 0.2) is 108 Å². The highest BCUT2D eigenvalue weighted by atomic mass is 15.1. The summed E-state index contributed by atoms with van der Waals surface area (Å²) in [7, 11) is 0. The molecule has 0 fully saturated rings. The Morgan fingerprint density at radius 3 is 2.85 bits per heavy atom. The molecule has 194 valence electrons. The Balaban J connectivity index is 1.31. The van der Waals surface area contributed by atoms with E-state index in [0.717, 1.165) is 89.3 Å². The van der Waals surface area contributed by atoms with E-state index >= 15 is 0 Å². The number of nitrogens with zero attached hydrogens (tertiary/aromatic N) is 4. The van der Waals surface area contributed by atoms with Gasteiger partial charge in [-0.3, -0.25) is 10.1 Å². The van der Waals surface area contributed by atoms with Crippen LogP contribution in [0.3, 0.4) is 0 Å². The average molecular weight is 512 g/mol. The third kappa shape index (κ3) is 5.41. The molecule has 0 saturated carbocycles. The van der Waals surface area contributed by atoms with E-state index in [4.69, 9.17) is 9.97 Å². The number of H-pyrrole nitrogens is 1.